The summed E-state index contributed by atoms with van der Waals surface area (Å²) in [5.74, 6) is -1.28. The molecule has 3 aromatic heterocycles. The third kappa shape index (κ3) is 4.27. The van der Waals surface area contributed by atoms with Crippen LogP contribution in [-0.2, 0) is 4.79 Å². The Morgan fingerprint density at radius 1 is 1.32 bits per heavy atom. The highest BCUT2D eigenvalue weighted by molar-refractivity contribution is 7.15. The van der Waals surface area contributed by atoms with E-state index in [9.17, 15) is 22.8 Å². The van der Waals surface area contributed by atoms with Crippen LogP contribution in [0.1, 0.15) is 33.8 Å². The van der Waals surface area contributed by atoms with E-state index >= 15 is 0 Å². The number of nitrogens with zero attached hydrogens (tertiary/aromatic N) is 3. The summed E-state index contributed by atoms with van der Waals surface area (Å²) in [6.45, 7) is 2.46. The number of carbonyl (C=O) groups excluding carboxylic acids is 2. The van der Waals surface area contributed by atoms with Crippen LogP contribution in [0.4, 0.5) is 13.2 Å². The number of carbonyl (C=O) groups is 2. The number of pyridine rings is 1. The van der Waals surface area contributed by atoms with E-state index in [0.717, 1.165) is 9.75 Å². The second kappa shape index (κ2) is 7.95. The number of nitrogens with one attached hydrogen (secondary N) is 1. The highest BCUT2D eigenvalue weighted by Gasteiger charge is 2.37. The number of rotatable bonds is 4. The zero-order valence-corrected chi connectivity index (χ0v) is 17.6. The number of hydrogen-bond acceptors (Lipinski definition) is 6. The number of thiophene rings is 1. The lowest BCUT2D eigenvalue weighted by molar-refractivity contribution is -0.140. The fraction of sp³-hybridized carbons (Fsp3) is 0.400. The van der Waals surface area contributed by atoms with Gasteiger partial charge in [0.15, 0.2) is 0 Å². The van der Waals surface area contributed by atoms with Gasteiger partial charge in [-0.2, -0.15) is 13.2 Å². The summed E-state index contributed by atoms with van der Waals surface area (Å²) in [6, 6.07) is 4.48. The Bertz CT molecular complexity index is 1150. The highest BCUT2D eigenvalue weighted by Crippen LogP contribution is 2.32. The van der Waals surface area contributed by atoms with E-state index < -0.39 is 30.6 Å². The molecule has 1 saturated heterocycles. The van der Waals surface area contributed by atoms with Gasteiger partial charge in [-0.3, -0.25) is 9.59 Å². The summed E-state index contributed by atoms with van der Waals surface area (Å²) in [5, 5.41) is 6.23. The topological polar surface area (TPSA) is 88.3 Å². The smallest absolute Gasteiger partial charge is 0.345 e. The lowest BCUT2D eigenvalue weighted by Crippen LogP contribution is -2.48. The standard InChI is InChI=1S/C20H19F3N4O3S/c1-10-5-6-15(31-10)13-8-12(16-11(2)26-30-18(16)25-13)19(29)27-7-3-4-14(27)17(28)24-9-20(21,22)23/h5-6,8,14H,3-4,7,9H2,1-2H3,(H,24,28). The van der Waals surface area contributed by atoms with Crippen molar-refractivity contribution in [3.8, 4) is 10.6 Å². The molecule has 2 amide bonds. The first-order valence-corrected chi connectivity index (χ1v) is 10.4. The monoisotopic (exact) mass is 452 g/mol. The van der Waals surface area contributed by atoms with E-state index in [1.807, 2.05) is 24.4 Å². The number of amides is 2. The molecule has 0 spiro atoms. The minimum Gasteiger partial charge on any atom is -0.345 e. The molecule has 1 N–H and O–H groups in total. The van der Waals surface area contributed by atoms with Crippen LogP contribution in [-0.4, -0.2) is 52.2 Å². The van der Waals surface area contributed by atoms with E-state index in [4.69, 9.17) is 4.52 Å². The van der Waals surface area contributed by atoms with Gasteiger partial charge in [0.2, 0.25) is 5.91 Å². The summed E-state index contributed by atoms with van der Waals surface area (Å²) in [6.07, 6.45) is -3.71. The zero-order valence-electron chi connectivity index (χ0n) is 16.7. The van der Waals surface area contributed by atoms with Crippen LogP contribution in [0.3, 0.4) is 0 Å². The van der Waals surface area contributed by atoms with Crippen LogP contribution in [0, 0.1) is 13.8 Å². The Hall–Kier alpha value is -2.95. The van der Waals surface area contributed by atoms with Gasteiger partial charge in [0, 0.05) is 11.4 Å². The molecule has 1 atom stereocenters. The number of fused-ring (bicyclic) bond motifs is 1. The van der Waals surface area contributed by atoms with Gasteiger partial charge >= 0.3 is 6.18 Å². The molecule has 4 rings (SSSR count). The number of alkyl halides is 3. The molecule has 1 fully saturated rings. The molecular formula is C20H19F3N4O3S. The molecule has 4 heterocycles. The van der Waals surface area contributed by atoms with Gasteiger partial charge in [-0.05, 0) is 44.9 Å². The summed E-state index contributed by atoms with van der Waals surface area (Å²) in [7, 11) is 0. The number of halogens is 3. The van der Waals surface area contributed by atoms with Crippen molar-refractivity contribution < 1.29 is 27.3 Å². The second-order valence-electron chi connectivity index (χ2n) is 7.40. The quantitative estimate of drug-likeness (QED) is 0.650. The van der Waals surface area contributed by atoms with E-state index in [1.165, 1.54) is 16.2 Å². The Labute approximate surface area is 179 Å². The summed E-state index contributed by atoms with van der Waals surface area (Å²) < 4.78 is 42.8. The molecule has 11 heteroatoms. The van der Waals surface area contributed by atoms with Crippen molar-refractivity contribution in [3.63, 3.8) is 0 Å². The van der Waals surface area contributed by atoms with E-state index in [1.54, 1.807) is 13.0 Å². The zero-order chi connectivity index (χ0) is 22.3. The molecule has 0 aromatic carbocycles. The molecule has 1 unspecified atom stereocenters. The Kier molecular flexibility index (Phi) is 5.46. The Balaban J connectivity index is 1.69. The number of aryl methyl sites for hydroxylation is 2. The van der Waals surface area contributed by atoms with Crippen molar-refractivity contribution in [1.82, 2.24) is 20.4 Å². The average molecular weight is 452 g/mol. The summed E-state index contributed by atoms with van der Waals surface area (Å²) >= 11 is 1.50. The number of likely N-dealkylation sites (tertiary alicyclic amines) is 1. The minimum atomic E-state index is -4.52. The first-order valence-electron chi connectivity index (χ1n) is 9.63. The third-order valence-corrected chi connectivity index (χ3v) is 6.14. The largest absolute Gasteiger partial charge is 0.405 e. The van der Waals surface area contributed by atoms with Gasteiger partial charge in [-0.15, -0.1) is 11.3 Å². The maximum absolute atomic E-state index is 13.4. The van der Waals surface area contributed by atoms with Crippen molar-refractivity contribution in [3.05, 3.63) is 34.3 Å². The van der Waals surface area contributed by atoms with Crippen molar-refractivity contribution in [2.75, 3.05) is 13.1 Å². The SMILES string of the molecule is Cc1ccc(-c2cc(C(=O)N3CCCC3C(=O)NCC(F)(F)F)c3c(C)noc3n2)s1. The first kappa shape index (κ1) is 21.3. The maximum atomic E-state index is 13.4. The van der Waals surface area contributed by atoms with Crippen molar-refractivity contribution >= 4 is 34.3 Å². The molecule has 164 valence electrons. The Morgan fingerprint density at radius 3 is 2.77 bits per heavy atom. The van der Waals surface area contributed by atoms with E-state index in [-0.39, 0.29) is 17.8 Å². The fourth-order valence-corrected chi connectivity index (χ4v) is 4.53. The highest BCUT2D eigenvalue weighted by atomic mass is 32.1. The van der Waals surface area contributed by atoms with Gasteiger partial charge in [-0.1, -0.05) is 5.16 Å². The summed E-state index contributed by atoms with van der Waals surface area (Å²) in [4.78, 5) is 33.5. The van der Waals surface area contributed by atoms with Gasteiger partial charge in [0.1, 0.15) is 12.6 Å². The Morgan fingerprint density at radius 2 is 2.10 bits per heavy atom. The van der Waals surface area contributed by atoms with Crippen LogP contribution < -0.4 is 5.32 Å². The van der Waals surface area contributed by atoms with Crippen molar-refractivity contribution in [2.24, 2.45) is 0 Å². The maximum Gasteiger partial charge on any atom is 0.405 e. The predicted molar refractivity (Wildman–Crippen MR) is 108 cm³/mol. The molecule has 1 aliphatic rings. The molecular weight excluding hydrogens is 433 g/mol. The average Bonchev–Trinajstić information content (AvgIpc) is 3.44. The molecule has 1 aliphatic heterocycles. The molecule has 0 bridgehead atoms. The summed E-state index contributed by atoms with van der Waals surface area (Å²) in [5.41, 5.74) is 1.46. The lowest BCUT2D eigenvalue weighted by Gasteiger charge is -2.24. The second-order valence-corrected chi connectivity index (χ2v) is 8.69. The molecule has 3 aromatic rings. The first-order chi connectivity index (χ1) is 14.6. The minimum absolute atomic E-state index is 0.196. The number of hydrogen-bond donors (Lipinski definition) is 1. The molecule has 31 heavy (non-hydrogen) atoms. The van der Waals surface area contributed by atoms with Gasteiger partial charge in [-0.25, -0.2) is 4.98 Å². The van der Waals surface area contributed by atoms with Crippen LogP contribution in [0.5, 0.6) is 0 Å². The lowest BCUT2D eigenvalue weighted by atomic mass is 10.1. The molecule has 7 nitrogen and oxygen atoms in total. The molecule has 0 saturated carbocycles. The molecule has 0 radical (unpaired) electrons. The van der Waals surface area contributed by atoms with Crippen LogP contribution >= 0.6 is 11.3 Å². The van der Waals surface area contributed by atoms with Crippen molar-refractivity contribution in [2.45, 2.75) is 38.9 Å². The van der Waals surface area contributed by atoms with Gasteiger partial charge in [0.25, 0.3) is 11.6 Å². The van der Waals surface area contributed by atoms with Gasteiger partial charge in [0.05, 0.1) is 27.2 Å². The van der Waals surface area contributed by atoms with Crippen LogP contribution in [0.15, 0.2) is 22.7 Å². The third-order valence-electron chi connectivity index (χ3n) is 5.12. The van der Waals surface area contributed by atoms with Gasteiger partial charge < -0.3 is 14.7 Å². The molecule has 0 aliphatic carbocycles. The van der Waals surface area contributed by atoms with Crippen LogP contribution in [0.2, 0.25) is 0 Å². The van der Waals surface area contributed by atoms with Crippen molar-refractivity contribution in [1.29, 1.82) is 0 Å². The van der Waals surface area contributed by atoms with Crippen LogP contribution in [0.25, 0.3) is 21.7 Å². The fourth-order valence-electron chi connectivity index (χ4n) is 3.70. The predicted octanol–water partition coefficient (Wildman–Crippen LogP) is 3.85. The number of aromatic nitrogens is 2. The normalized spacial score (nSPS) is 16.8. The van der Waals surface area contributed by atoms with E-state index in [2.05, 4.69) is 10.1 Å². The van der Waals surface area contributed by atoms with E-state index in [0.29, 0.717) is 29.6 Å².